The van der Waals surface area contributed by atoms with Gasteiger partial charge in [-0.3, -0.25) is 4.90 Å². The molecule has 1 aliphatic rings. The van der Waals surface area contributed by atoms with E-state index in [0.717, 1.165) is 74.4 Å². The summed E-state index contributed by atoms with van der Waals surface area (Å²) in [7, 11) is 0. The average Bonchev–Trinajstić information content (AvgIpc) is 3.30. The fourth-order valence-electron chi connectivity index (χ4n) is 3.07. The second-order valence-electron chi connectivity index (χ2n) is 7.05. The van der Waals surface area contributed by atoms with Gasteiger partial charge in [0.15, 0.2) is 5.96 Å². The molecular formula is C20H29N5O2. The van der Waals surface area contributed by atoms with Gasteiger partial charge in [-0.1, -0.05) is 17.3 Å². The fraction of sp³-hybridized carbons (Fsp3) is 0.500. The van der Waals surface area contributed by atoms with Gasteiger partial charge in [-0.25, -0.2) is 4.99 Å². The van der Waals surface area contributed by atoms with Crippen molar-refractivity contribution in [2.45, 2.75) is 26.8 Å². The summed E-state index contributed by atoms with van der Waals surface area (Å²) in [4.78, 5) is 9.44. The zero-order valence-corrected chi connectivity index (χ0v) is 16.3. The highest BCUT2D eigenvalue weighted by molar-refractivity contribution is 5.80. The summed E-state index contributed by atoms with van der Waals surface area (Å²) in [5, 5.41) is 7.57. The van der Waals surface area contributed by atoms with E-state index >= 15 is 0 Å². The largest absolute Gasteiger partial charge is 0.469 e. The van der Waals surface area contributed by atoms with E-state index in [4.69, 9.17) is 13.9 Å². The highest BCUT2D eigenvalue weighted by Crippen LogP contribution is 2.09. The third-order valence-electron chi connectivity index (χ3n) is 4.47. The quantitative estimate of drug-likeness (QED) is 0.458. The number of aromatic nitrogens is 1. The third-order valence-corrected chi connectivity index (χ3v) is 4.47. The molecular weight excluding hydrogens is 342 g/mol. The molecule has 0 aliphatic carbocycles. The maximum atomic E-state index is 5.40. The van der Waals surface area contributed by atoms with Crippen molar-refractivity contribution < 1.29 is 8.94 Å². The fourth-order valence-corrected chi connectivity index (χ4v) is 3.07. The molecule has 0 amide bonds. The predicted octanol–water partition coefficient (Wildman–Crippen LogP) is 2.46. The van der Waals surface area contributed by atoms with Gasteiger partial charge >= 0.3 is 0 Å². The Morgan fingerprint density at radius 3 is 2.78 bits per heavy atom. The Morgan fingerprint density at radius 1 is 1.33 bits per heavy atom. The molecule has 2 aromatic rings. The lowest BCUT2D eigenvalue weighted by Gasteiger charge is -2.36. The number of aliphatic imine (C=N–C) groups is 1. The van der Waals surface area contributed by atoms with Crippen molar-refractivity contribution in [1.29, 1.82) is 0 Å². The first kappa shape index (κ1) is 19.2. The van der Waals surface area contributed by atoms with Gasteiger partial charge in [-0.2, -0.15) is 0 Å². The van der Waals surface area contributed by atoms with Gasteiger partial charge in [-0.05, 0) is 26.0 Å². The smallest absolute Gasteiger partial charge is 0.194 e. The first-order chi connectivity index (χ1) is 13.1. The van der Waals surface area contributed by atoms with Crippen molar-refractivity contribution in [2.75, 3.05) is 39.3 Å². The Kier molecular flexibility index (Phi) is 6.70. The van der Waals surface area contributed by atoms with Crippen LogP contribution in [-0.4, -0.2) is 60.2 Å². The summed E-state index contributed by atoms with van der Waals surface area (Å²) in [5.41, 5.74) is 2.05. The molecule has 1 saturated heterocycles. The van der Waals surface area contributed by atoms with Crippen LogP contribution < -0.4 is 5.32 Å². The van der Waals surface area contributed by atoms with E-state index in [9.17, 15) is 0 Å². The number of hydrogen-bond donors (Lipinski definition) is 1. The number of piperazine rings is 1. The minimum absolute atomic E-state index is 0.640. The molecule has 0 unspecified atom stereocenters. The topological polar surface area (TPSA) is 70.0 Å². The number of aryl methyl sites for hydroxylation is 1. The van der Waals surface area contributed by atoms with Gasteiger partial charge < -0.3 is 19.2 Å². The van der Waals surface area contributed by atoms with Crippen LogP contribution in [0.3, 0.4) is 0 Å². The lowest BCUT2D eigenvalue weighted by Crippen LogP contribution is -2.52. The van der Waals surface area contributed by atoms with Crippen LogP contribution in [-0.2, 0) is 13.0 Å². The lowest BCUT2D eigenvalue weighted by molar-refractivity contribution is 0.169. The SMILES string of the molecule is C=C(C)CN=C(NCCc1ccco1)N1CCN(Cc2cc(C)on2)CC1. The molecule has 0 atom stereocenters. The maximum Gasteiger partial charge on any atom is 0.194 e. The first-order valence-electron chi connectivity index (χ1n) is 9.45. The van der Waals surface area contributed by atoms with E-state index in [1.807, 2.05) is 32.0 Å². The van der Waals surface area contributed by atoms with Crippen LogP contribution >= 0.6 is 0 Å². The Labute approximate surface area is 160 Å². The van der Waals surface area contributed by atoms with E-state index in [1.54, 1.807) is 6.26 Å². The molecule has 1 aliphatic heterocycles. The van der Waals surface area contributed by atoms with Gasteiger partial charge in [-0.15, -0.1) is 0 Å². The summed E-state index contributed by atoms with van der Waals surface area (Å²) >= 11 is 0. The summed E-state index contributed by atoms with van der Waals surface area (Å²) < 4.78 is 10.6. The Bertz CT molecular complexity index is 742. The molecule has 0 radical (unpaired) electrons. The number of guanidine groups is 1. The first-order valence-corrected chi connectivity index (χ1v) is 9.45. The van der Waals surface area contributed by atoms with Crippen LogP contribution in [0.25, 0.3) is 0 Å². The summed E-state index contributed by atoms with van der Waals surface area (Å²) in [6, 6.07) is 5.92. The lowest BCUT2D eigenvalue weighted by atomic mass is 10.3. The van der Waals surface area contributed by atoms with E-state index < -0.39 is 0 Å². The zero-order valence-electron chi connectivity index (χ0n) is 16.3. The van der Waals surface area contributed by atoms with E-state index in [1.165, 1.54) is 0 Å². The van der Waals surface area contributed by atoms with Crippen LogP contribution in [0.2, 0.25) is 0 Å². The summed E-state index contributed by atoms with van der Waals surface area (Å²) in [5.74, 6) is 2.79. The summed E-state index contributed by atoms with van der Waals surface area (Å²) in [6.45, 7) is 13.9. The Balaban J connectivity index is 1.51. The van der Waals surface area contributed by atoms with Crippen LogP contribution in [0.4, 0.5) is 0 Å². The van der Waals surface area contributed by atoms with Gasteiger partial charge in [0.05, 0.1) is 18.5 Å². The number of furan rings is 1. The van der Waals surface area contributed by atoms with Crippen LogP contribution in [0, 0.1) is 6.92 Å². The van der Waals surface area contributed by atoms with Gasteiger partial charge in [0.2, 0.25) is 0 Å². The molecule has 27 heavy (non-hydrogen) atoms. The molecule has 3 heterocycles. The molecule has 0 saturated carbocycles. The molecule has 7 nitrogen and oxygen atoms in total. The number of hydrogen-bond acceptors (Lipinski definition) is 5. The van der Waals surface area contributed by atoms with Crippen molar-refractivity contribution in [1.82, 2.24) is 20.3 Å². The highest BCUT2D eigenvalue weighted by atomic mass is 16.5. The Hall–Kier alpha value is -2.54. The molecule has 146 valence electrons. The zero-order chi connectivity index (χ0) is 19.1. The molecule has 0 bridgehead atoms. The van der Waals surface area contributed by atoms with Crippen LogP contribution in [0.1, 0.15) is 24.1 Å². The molecule has 0 aromatic carbocycles. The summed E-state index contributed by atoms with van der Waals surface area (Å²) in [6.07, 6.45) is 2.55. The van der Waals surface area contributed by atoms with Gasteiger partial charge in [0.1, 0.15) is 11.5 Å². The predicted molar refractivity (Wildman–Crippen MR) is 106 cm³/mol. The Morgan fingerprint density at radius 2 is 2.15 bits per heavy atom. The third kappa shape index (κ3) is 5.99. The highest BCUT2D eigenvalue weighted by Gasteiger charge is 2.20. The van der Waals surface area contributed by atoms with Gasteiger partial charge in [0, 0.05) is 51.8 Å². The second-order valence-corrected chi connectivity index (χ2v) is 7.05. The average molecular weight is 371 g/mol. The van der Waals surface area contributed by atoms with Crippen molar-refractivity contribution in [3.05, 3.63) is 53.8 Å². The monoisotopic (exact) mass is 371 g/mol. The van der Waals surface area contributed by atoms with Crippen LogP contribution in [0.15, 0.2) is 50.5 Å². The second kappa shape index (κ2) is 9.41. The van der Waals surface area contributed by atoms with Crippen molar-refractivity contribution in [2.24, 2.45) is 4.99 Å². The standard InChI is InChI=1S/C20H29N5O2/c1-16(2)14-22-20(21-7-6-19-5-4-12-26-19)25-10-8-24(9-11-25)15-18-13-17(3)27-23-18/h4-5,12-13H,1,6-11,14-15H2,2-3H3,(H,21,22). The number of nitrogens with zero attached hydrogens (tertiary/aromatic N) is 4. The molecule has 1 fully saturated rings. The van der Waals surface area contributed by atoms with E-state index in [2.05, 4.69) is 26.9 Å². The van der Waals surface area contributed by atoms with Gasteiger partial charge in [0.25, 0.3) is 0 Å². The van der Waals surface area contributed by atoms with E-state index in [-0.39, 0.29) is 0 Å². The number of nitrogens with one attached hydrogen (secondary N) is 1. The van der Waals surface area contributed by atoms with Crippen molar-refractivity contribution >= 4 is 5.96 Å². The number of rotatable bonds is 7. The molecule has 7 heteroatoms. The van der Waals surface area contributed by atoms with Crippen molar-refractivity contribution in [3.8, 4) is 0 Å². The molecule has 1 N–H and O–H groups in total. The maximum absolute atomic E-state index is 5.40. The normalized spacial score (nSPS) is 15.9. The minimum atomic E-state index is 0.640. The molecule has 2 aromatic heterocycles. The minimum Gasteiger partial charge on any atom is -0.469 e. The van der Waals surface area contributed by atoms with E-state index in [0.29, 0.717) is 6.54 Å². The van der Waals surface area contributed by atoms with Crippen LogP contribution in [0.5, 0.6) is 0 Å². The molecule has 0 spiro atoms. The molecule has 3 rings (SSSR count). The van der Waals surface area contributed by atoms with Crippen molar-refractivity contribution in [3.63, 3.8) is 0 Å².